The molecule has 0 amide bonds. The van der Waals surface area contributed by atoms with E-state index < -0.39 is 0 Å². The first-order chi connectivity index (χ1) is 12.0. The van der Waals surface area contributed by atoms with Crippen LogP contribution in [0.1, 0.15) is 29.2 Å². The van der Waals surface area contributed by atoms with Gasteiger partial charge >= 0.3 is 0 Å². The summed E-state index contributed by atoms with van der Waals surface area (Å²) in [6, 6.07) is 17.2. The summed E-state index contributed by atoms with van der Waals surface area (Å²) in [5.74, 6) is 0. The van der Waals surface area contributed by atoms with Gasteiger partial charge in [-0.1, -0.05) is 42.0 Å². The van der Waals surface area contributed by atoms with Crippen molar-refractivity contribution in [3.8, 4) is 0 Å². The molecule has 0 fully saturated rings. The molecule has 1 atom stereocenters. The Morgan fingerprint density at radius 3 is 2.64 bits per heavy atom. The second kappa shape index (κ2) is 7.23. The van der Waals surface area contributed by atoms with E-state index in [2.05, 4.69) is 65.7 Å². The number of aryl methyl sites for hydroxylation is 1. The predicted octanol–water partition coefficient (Wildman–Crippen LogP) is 3.72. The number of nitrogens with one attached hydrogen (secondary N) is 1. The van der Waals surface area contributed by atoms with E-state index in [0.717, 1.165) is 17.7 Å². The molecule has 1 aliphatic rings. The molecule has 0 aromatic heterocycles. The van der Waals surface area contributed by atoms with Crippen LogP contribution in [0.5, 0.6) is 0 Å². The lowest BCUT2D eigenvalue weighted by Crippen LogP contribution is -2.34. The lowest BCUT2D eigenvalue weighted by molar-refractivity contribution is 0.366. The van der Waals surface area contributed by atoms with Crippen LogP contribution in [0.2, 0.25) is 0 Å². The maximum Gasteiger partial charge on any atom is 0.189 e. The van der Waals surface area contributed by atoms with Crippen molar-refractivity contribution in [2.45, 2.75) is 19.4 Å². The summed E-state index contributed by atoms with van der Waals surface area (Å²) in [5, 5.41) is 10.5. The van der Waals surface area contributed by atoms with Crippen LogP contribution in [0.3, 0.4) is 0 Å². The van der Waals surface area contributed by atoms with Crippen molar-refractivity contribution in [1.29, 1.82) is 0 Å². The Morgan fingerprint density at radius 1 is 1.20 bits per heavy atom. The molecule has 25 heavy (non-hydrogen) atoms. The van der Waals surface area contributed by atoms with Gasteiger partial charge in [-0.05, 0) is 42.4 Å². The summed E-state index contributed by atoms with van der Waals surface area (Å²) in [4.78, 5) is 2.10. The van der Waals surface area contributed by atoms with Gasteiger partial charge in [-0.25, -0.2) is 5.01 Å². The van der Waals surface area contributed by atoms with Gasteiger partial charge in [0.2, 0.25) is 0 Å². The van der Waals surface area contributed by atoms with Gasteiger partial charge in [0.25, 0.3) is 0 Å². The summed E-state index contributed by atoms with van der Waals surface area (Å²) in [6.07, 6.45) is 0.835. The van der Waals surface area contributed by atoms with Crippen molar-refractivity contribution >= 4 is 28.7 Å². The molecule has 0 radical (unpaired) electrons. The highest BCUT2D eigenvalue weighted by molar-refractivity contribution is 7.80. The van der Waals surface area contributed by atoms with Crippen LogP contribution in [-0.2, 0) is 0 Å². The standard InChI is InChI=1S/C20H24N4S/c1-14-7-5-9-16(11-14)19-13-18(22-24(19)20(25)21-2)15-8-6-10-17(12-15)23(3)4/h5-12,19H,13H2,1-4H3,(H,21,25)/t19-/m1/s1. The molecule has 4 nitrogen and oxygen atoms in total. The van der Waals surface area contributed by atoms with Gasteiger partial charge in [0.1, 0.15) is 0 Å². The highest BCUT2D eigenvalue weighted by Crippen LogP contribution is 2.33. The zero-order valence-electron chi connectivity index (χ0n) is 15.2. The first-order valence-corrected chi connectivity index (χ1v) is 8.83. The largest absolute Gasteiger partial charge is 0.378 e. The van der Waals surface area contributed by atoms with Crippen LogP contribution in [0.4, 0.5) is 5.69 Å². The topological polar surface area (TPSA) is 30.9 Å². The normalized spacial score (nSPS) is 16.6. The number of rotatable bonds is 3. The molecule has 1 N–H and O–H groups in total. The lowest BCUT2D eigenvalue weighted by atomic mass is 9.97. The van der Waals surface area contributed by atoms with Crippen LogP contribution in [0.15, 0.2) is 53.6 Å². The van der Waals surface area contributed by atoms with Crippen molar-refractivity contribution in [3.05, 3.63) is 65.2 Å². The van der Waals surface area contributed by atoms with Gasteiger partial charge in [-0.2, -0.15) is 5.10 Å². The molecule has 0 unspecified atom stereocenters. The first kappa shape index (κ1) is 17.4. The Hall–Kier alpha value is -2.40. The summed E-state index contributed by atoms with van der Waals surface area (Å²) in [5.41, 5.74) is 5.86. The average Bonchev–Trinajstić information content (AvgIpc) is 3.06. The summed E-state index contributed by atoms with van der Waals surface area (Å²) in [6.45, 7) is 2.11. The molecular formula is C20H24N4S. The smallest absolute Gasteiger partial charge is 0.189 e. The van der Waals surface area contributed by atoms with Gasteiger partial charge in [0, 0.05) is 33.3 Å². The van der Waals surface area contributed by atoms with E-state index >= 15 is 0 Å². The van der Waals surface area contributed by atoms with Crippen LogP contribution in [0.25, 0.3) is 0 Å². The van der Waals surface area contributed by atoms with Crippen molar-refractivity contribution in [2.75, 3.05) is 26.0 Å². The van der Waals surface area contributed by atoms with Gasteiger partial charge in [-0.15, -0.1) is 0 Å². The Balaban J connectivity index is 1.97. The van der Waals surface area contributed by atoms with E-state index in [9.17, 15) is 0 Å². The maximum absolute atomic E-state index is 5.49. The molecular weight excluding hydrogens is 328 g/mol. The number of hydrazone groups is 1. The minimum atomic E-state index is 0.123. The number of anilines is 1. The van der Waals surface area contributed by atoms with Crippen LogP contribution >= 0.6 is 12.2 Å². The minimum absolute atomic E-state index is 0.123. The SMILES string of the molecule is CNC(=S)N1N=C(c2cccc(N(C)C)c2)C[C@@H]1c1cccc(C)c1. The number of nitrogens with zero attached hydrogens (tertiary/aromatic N) is 3. The third kappa shape index (κ3) is 3.66. The molecule has 5 heteroatoms. The molecule has 3 rings (SSSR count). The minimum Gasteiger partial charge on any atom is -0.378 e. The van der Waals surface area contributed by atoms with Gasteiger partial charge < -0.3 is 10.2 Å². The fraction of sp³-hybridized carbons (Fsp3) is 0.300. The number of hydrogen-bond acceptors (Lipinski definition) is 3. The molecule has 0 saturated heterocycles. The summed E-state index contributed by atoms with van der Waals surface area (Å²) < 4.78 is 0. The quantitative estimate of drug-likeness (QED) is 0.853. The number of thiocarbonyl (C=S) groups is 1. The van der Waals surface area contributed by atoms with Gasteiger partial charge in [-0.3, -0.25) is 0 Å². The molecule has 0 spiro atoms. The summed E-state index contributed by atoms with van der Waals surface area (Å²) in [7, 11) is 5.94. The molecule has 0 saturated carbocycles. The molecule has 1 heterocycles. The van der Waals surface area contributed by atoms with Crippen LogP contribution in [0, 0.1) is 6.92 Å². The highest BCUT2D eigenvalue weighted by atomic mass is 32.1. The van der Waals surface area contributed by atoms with E-state index in [0.29, 0.717) is 5.11 Å². The monoisotopic (exact) mass is 352 g/mol. The van der Waals surface area contributed by atoms with Gasteiger partial charge in [0.05, 0.1) is 11.8 Å². The van der Waals surface area contributed by atoms with Crippen molar-refractivity contribution < 1.29 is 0 Å². The number of benzene rings is 2. The Bertz CT molecular complexity index is 813. The van der Waals surface area contributed by atoms with E-state index in [-0.39, 0.29) is 6.04 Å². The number of hydrogen-bond donors (Lipinski definition) is 1. The zero-order chi connectivity index (χ0) is 18.0. The van der Waals surface area contributed by atoms with Crippen LogP contribution < -0.4 is 10.2 Å². The second-order valence-corrected chi connectivity index (χ2v) is 6.91. The molecule has 2 aromatic carbocycles. The Kier molecular flexibility index (Phi) is 5.04. The Morgan fingerprint density at radius 2 is 1.96 bits per heavy atom. The highest BCUT2D eigenvalue weighted by Gasteiger charge is 2.31. The third-order valence-corrected chi connectivity index (χ3v) is 4.85. The van der Waals surface area contributed by atoms with Crippen LogP contribution in [-0.4, -0.2) is 37.0 Å². The van der Waals surface area contributed by atoms with E-state index in [1.54, 1.807) is 0 Å². The lowest BCUT2D eigenvalue weighted by Gasteiger charge is -2.24. The fourth-order valence-electron chi connectivity index (χ4n) is 3.09. The van der Waals surface area contributed by atoms with Crippen molar-refractivity contribution in [3.63, 3.8) is 0 Å². The molecule has 2 aromatic rings. The second-order valence-electron chi connectivity index (χ2n) is 6.53. The van der Waals surface area contributed by atoms with E-state index in [4.69, 9.17) is 17.3 Å². The van der Waals surface area contributed by atoms with Crippen molar-refractivity contribution in [2.24, 2.45) is 5.10 Å². The molecule has 130 valence electrons. The molecule has 1 aliphatic heterocycles. The first-order valence-electron chi connectivity index (χ1n) is 8.42. The Labute approximate surface area is 155 Å². The maximum atomic E-state index is 5.49. The van der Waals surface area contributed by atoms with E-state index in [1.165, 1.54) is 16.8 Å². The van der Waals surface area contributed by atoms with E-state index in [1.807, 2.05) is 26.2 Å². The zero-order valence-corrected chi connectivity index (χ0v) is 16.0. The molecule has 0 aliphatic carbocycles. The molecule has 0 bridgehead atoms. The van der Waals surface area contributed by atoms with Crippen molar-refractivity contribution in [1.82, 2.24) is 10.3 Å². The fourth-order valence-corrected chi connectivity index (χ4v) is 3.26. The average molecular weight is 353 g/mol. The third-order valence-electron chi connectivity index (χ3n) is 4.45. The summed E-state index contributed by atoms with van der Waals surface area (Å²) >= 11 is 5.49. The predicted molar refractivity (Wildman–Crippen MR) is 109 cm³/mol. The van der Waals surface area contributed by atoms with Gasteiger partial charge in [0.15, 0.2) is 5.11 Å².